The van der Waals surface area contributed by atoms with Crippen molar-refractivity contribution < 1.29 is 27.5 Å². The largest absolute Gasteiger partial charge is 0.447 e. The number of nitrogens with one attached hydrogen (secondary N) is 1. The van der Waals surface area contributed by atoms with Crippen molar-refractivity contribution in [3.8, 4) is 0 Å². The Labute approximate surface area is 181 Å². The molecular formula is C22H24N2O6S. The first kappa shape index (κ1) is 21.5. The van der Waals surface area contributed by atoms with Crippen LogP contribution in [0.5, 0.6) is 0 Å². The average Bonchev–Trinajstić information content (AvgIpc) is 3.64. The van der Waals surface area contributed by atoms with E-state index >= 15 is 0 Å². The van der Waals surface area contributed by atoms with Gasteiger partial charge in [-0.15, -0.1) is 0 Å². The molecule has 1 aliphatic heterocycles. The molecule has 1 aliphatic carbocycles. The van der Waals surface area contributed by atoms with Gasteiger partial charge < -0.3 is 14.8 Å². The predicted molar refractivity (Wildman–Crippen MR) is 113 cm³/mol. The van der Waals surface area contributed by atoms with Gasteiger partial charge in [0.15, 0.2) is 0 Å². The molecule has 0 spiro atoms. The summed E-state index contributed by atoms with van der Waals surface area (Å²) in [5.74, 6) is -1.09. The van der Waals surface area contributed by atoms with Crippen LogP contribution in [0.15, 0.2) is 59.5 Å². The lowest BCUT2D eigenvalue weighted by Crippen LogP contribution is -2.40. The quantitative estimate of drug-likeness (QED) is 0.658. The van der Waals surface area contributed by atoms with Gasteiger partial charge >= 0.3 is 5.97 Å². The monoisotopic (exact) mass is 444 g/mol. The second-order valence-electron chi connectivity index (χ2n) is 7.54. The molecule has 0 bridgehead atoms. The summed E-state index contributed by atoms with van der Waals surface area (Å²) in [6.45, 7) is 1.26. The predicted octanol–water partition coefficient (Wildman–Crippen LogP) is 2.34. The van der Waals surface area contributed by atoms with Crippen molar-refractivity contribution in [1.29, 1.82) is 0 Å². The van der Waals surface area contributed by atoms with Crippen LogP contribution in [-0.2, 0) is 29.1 Å². The van der Waals surface area contributed by atoms with Crippen LogP contribution in [-0.4, -0.2) is 50.9 Å². The lowest BCUT2D eigenvalue weighted by molar-refractivity contribution is -0.156. The number of amides is 1. The van der Waals surface area contributed by atoms with Gasteiger partial charge in [-0.05, 0) is 31.0 Å². The van der Waals surface area contributed by atoms with E-state index in [9.17, 15) is 18.0 Å². The highest BCUT2D eigenvalue weighted by molar-refractivity contribution is 7.89. The summed E-state index contributed by atoms with van der Waals surface area (Å²) in [5, 5.41) is 2.70. The van der Waals surface area contributed by atoms with E-state index in [1.165, 1.54) is 16.4 Å². The first-order chi connectivity index (χ1) is 14.9. The van der Waals surface area contributed by atoms with Gasteiger partial charge in [0.05, 0.1) is 24.0 Å². The van der Waals surface area contributed by atoms with Gasteiger partial charge in [-0.1, -0.05) is 36.4 Å². The fourth-order valence-electron chi connectivity index (χ4n) is 3.31. The number of ether oxygens (including phenoxy) is 2. The summed E-state index contributed by atoms with van der Waals surface area (Å²) >= 11 is 0. The standard InChI is InChI=1S/C22H24N2O6S/c25-21(20(16-5-2-1-3-6-16)30-22(26)17-9-10-17)23-18-7-4-8-19(15-18)31(27,28)24-11-13-29-14-12-24/h1-8,15,17,20H,9-14H2,(H,23,25)/t20-/m1/s1. The highest BCUT2D eigenvalue weighted by Crippen LogP contribution is 2.33. The summed E-state index contributed by atoms with van der Waals surface area (Å²) in [7, 11) is -3.70. The molecule has 1 atom stereocenters. The highest BCUT2D eigenvalue weighted by Gasteiger charge is 2.35. The molecule has 1 N–H and O–H groups in total. The Morgan fingerprint density at radius 3 is 2.42 bits per heavy atom. The van der Waals surface area contributed by atoms with E-state index < -0.39 is 28.0 Å². The van der Waals surface area contributed by atoms with Gasteiger partial charge in [-0.2, -0.15) is 4.31 Å². The van der Waals surface area contributed by atoms with Crippen molar-refractivity contribution in [3.05, 3.63) is 60.2 Å². The number of nitrogens with zero attached hydrogens (tertiary/aromatic N) is 1. The molecule has 1 saturated heterocycles. The molecule has 2 aliphatic rings. The number of carbonyl (C=O) groups is 2. The Kier molecular flexibility index (Phi) is 6.35. The summed E-state index contributed by atoms with van der Waals surface area (Å²) in [5.41, 5.74) is 0.855. The lowest BCUT2D eigenvalue weighted by atomic mass is 10.1. The molecule has 4 rings (SSSR count). The number of esters is 1. The Balaban J connectivity index is 1.53. The molecule has 2 aromatic rings. The van der Waals surface area contributed by atoms with Crippen LogP contribution >= 0.6 is 0 Å². The maximum atomic E-state index is 13.0. The van der Waals surface area contributed by atoms with Crippen LogP contribution in [0.3, 0.4) is 0 Å². The number of hydrogen-bond acceptors (Lipinski definition) is 6. The molecule has 1 heterocycles. The van der Waals surface area contributed by atoms with Gasteiger partial charge in [0.25, 0.3) is 5.91 Å². The minimum atomic E-state index is -3.70. The third-order valence-corrected chi connectivity index (χ3v) is 7.09. The lowest BCUT2D eigenvalue weighted by Gasteiger charge is -2.26. The zero-order valence-electron chi connectivity index (χ0n) is 16.9. The van der Waals surface area contributed by atoms with Gasteiger partial charge in [0.2, 0.25) is 16.1 Å². The average molecular weight is 445 g/mol. The summed E-state index contributed by atoms with van der Waals surface area (Å²) in [6.07, 6.45) is 0.418. The second kappa shape index (κ2) is 9.17. The van der Waals surface area contributed by atoms with E-state index in [-0.39, 0.29) is 23.9 Å². The second-order valence-corrected chi connectivity index (χ2v) is 9.47. The van der Waals surface area contributed by atoms with Crippen LogP contribution in [0.25, 0.3) is 0 Å². The number of morpholine rings is 1. The zero-order valence-corrected chi connectivity index (χ0v) is 17.7. The molecule has 9 heteroatoms. The third kappa shape index (κ3) is 5.12. The molecule has 31 heavy (non-hydrogen) atoms. The molecule has 0 radical (unpaired) electrons. The fraction of sp³-hybridized carbons (Fsp3) is 0.364. The van der Waals surface area contributed by atoms with Crippen LogP contribution in [0.4, 0.5) is 5.69 Å². The summed E-state index contributed by atoms with van der Waals surface area (Å²) in [6, 6.07) is 14.8. The normalized spacial score (nSPS) is 18.2. The van der Waals surface area contributed by atoms with Gasteiger partial charge in [-0.25, -0.2) is 8.42 Å². The van der Waals surface area contributed by atoms with E-state index in [0.717, 1.165) is 12.8 Å². The molecule has 0 unspecified atom stereocenters. The number of benzene rings is 2. The molecule has 2 aromatic carbocycles. The fourth-order valence-corrected chi connectivity index (χ4v) is 4.76. The number of sulfonamides is 1. The Hall–Kier alpha value is -2.75. The Bertz CT molecular complexity index is 1050. The summed E-state index contributed by atoms with van der Waals surface area (Å²) < 4.78 is 37.9. The van der Waals surface area contributed by atoms with E-state index in [1.807, 2.05) is 0 Å². The SMILES string of the molecule is O=C(O[C@@H](C(=O)Nc1cccc(S(=O)(=O)N2CCOCC2)c1)c1ccccc1)C1CC1. The third-order valence-electron chi connectivity index (χ3n) is 5.19. The Morgan fingerprint density at radius 1 is 1.03 bits per heavy atom. The first-order valence-electron chi connectivity index (χ1n) is 10.2. The van der Waals surface area contributed by atoms with Gasteiger partial charge in [0, 0.05) is 24.3 Å². The summed E-state index contributed by atoms with van der Waals surface area (Å²) in [4.78, 5) is 25.3. The maximum absolute atomic E-state index is 13.0. The molecule has 2 fully saturated rings. The number of anilines is 1. The van der Waals surface area contributed by atoms with Crippen molar-refractivity contribution in [3.63, 3.8) is 0 Å². The Morgan fingerprint density at radius 2 is 1.74 bits per heavy atom. The van der Waals surface area contributed by atoms with E-state index in [1.54, 1.807) is 42.5 Å². The van der Waals surface area contributed by atoms with Gasteiger partial charge in [-0.3, -0.25) is 9.59 Å². The van der Waals surface area contributed by atoms with Crippen LogP contribution in [0.2, 0.25) is 0 Å². The van der Waals surface area contributed by atoms with Crippen molar-refractivity contribution in [2.45, 2.75) is 23.8 Å². The maximum Gasteiger partial charge on any atom is 0.310 e. The van der Waals surface area contributed by atoms with E-state index in [2.05, 4.69) is 5.32 Å². The van der Waals surface area contributed by atoms with E-state index in [4.69, 9.17) is 9.47 Å². The topological polar surface area (TPSA) is 102 Å². The number of hydrogen-bond donors (Lipinski definition) is 1. The van der Waals surface area contributed by atoms with Crippen LogP contribution in [0, 0.1) is 5.92 Å². The minimum Gasteiger partial charge on any atom is -0.447 e. The van der Waals surface area contributed by atoms with Crippen LogP contribution in [0.1, 0.15) is 24.5 Å². The highest BCUT2D eigenvalue weighted by atomic mass is 32.2. The molecule has 1 saturated carbocycles. The van der Waals surface area contributed by atoms with Crippen molar-refractivity contribution >= 4 is 27.6 Å². The molecule has 0 aromatic heterocycles. The van der Waals surface area contributed by atoms with Crippen LogP contribution < -0.4 is 5.32 Å². The van der Waals surface area contributed by atoms with Crippen molar-refractivity contribution in [2.24, 2.45) is 5.92 Å². The van der Waals surface area contributed by atoms with E-state index in [0.29, 0.717) is 24.5 Å². The molecule has 164 valence electrons. The molecule has 8 nitrogen and oxygen atoms in total. The van der Waals surface area contributed by atoms with Gasteiger partial charge in [0.1, 0.15) is 0 Å². The van der Waals surface area contributed by atoms with Crippen molar-refractivity contribution in [1.82, 2.24) is 4.31 Å². The minimum absolute atomic E-state index is 0.0819. The number of carbonyl (C=O) groups excluding carboxylic acids is 2. The first-order valence-corrected chi connectivity index (χ1v) is 11.6. The zero-order chi connectivity index (χ0) is 21.8. The molecular weight excluding hydrogens is 420 g/mol. The van der Waals surface area contributed by atoms with Crippen molar-refractivity contribution in [2.75, 3.05) is 31.6 Å². The molecule has 1 amide bonds. The smallest absolute Gasteiger partial charge is 0.310 e. The number of rotatable bonds is 7.